The topological polar surface area (TPSA) is 98.5 Å². The van der Waals surface area contributed by atoms with Gasteiger partial charge in [-0.1, -0.05) is 13.8 Å². The zero-order valence-corrected chi connectivity index (χ0v) is 12.2. The van der Waals surface area contributed by atoms with E-state index >= 15 is 0 Å². The van der Waals surface area contributed by atoms with Gasteiger partial charge in [0.1, 0.15) is 0 Å². The van der Waals surface area contributed by atoms with E-state index in [1.54, 1.807) is 0 Å². The van der Waals surface area contributed by atoms with Gasteiger partial charge < -0.3 is 10.1 Å². The maximum atomic E-state index is 12.0. The van der Waals surface area contributed by atoms with Crippen molar-refractivity contribution >= 4 is 17.6 Å². The minimum Gasteiger partial charge on any atom is -0.465 e. The Kier molecular flexibility index (Phi) is 5.83. The van der Waals surface area contributed by atoms with Crippen molar-refractivity contribution in [3.63, 3.8) is 0 Å². The molecule has 0 bridgehead atoms. The highest BCUT2D eigenvalue weighted by Gasteiger charge is 2.18. The van der Waals surface area contributed by atoms with Gasteiger partial charge in [0.25, 0.3) is 11.6 Å². The van der Waals surface area contributed by atoms with Crippen LogP contribution in [0.2, 0.25) is 0 Å². The molecule has 0 aliphatic heterocycles. The number of esters is 1. The predicted octanol–water partition coefficient (Wildman–Crippen LogP) is 2.16. The summed E-state index contributed by atoms with van der Waals surface area (Å²) in [4.78, 5) is 33.7. The van der Waals surface area contributed by atoms with Crippen molar-refractivity contribution in [1.82, 2.24) is 5.32 Å². The Morgan fingerprint density at radius 2 is 1.90 bits per heavy atom. The number of nitro benzene ring substituents is 1. The van der Waals surface area contributed by atoms with E-state index in [0.29, 0.717) is 12.5 Å². The smallest absolute Gasteiger partial charge is 0.338 e. The van der Waals surface area contributed by atoms with E-state index in [1.165, 1.54) is 13.2 Å². The van der Waals surface area contributed by atoms with Crippen LogP contribution in [0.15, 0.2) is 18.2 Å². The number of hydrogen-bond acceptors (Lipinski definition) is 5. The number of methoxy groups -OCH3 is 1. The molecular weight excluding hydrogens is 276 g/mol. The number of nitro groups is 1. The Morgan fingerprint density at radius 1 is 1.29 bits per heavy atom. The quantitative estimate of drug-likeness (QED) is 0.492. The second-order valence-corrected chi connectivity index (χ2v) is 4.96. The fourth-order valence-electron chi connectivity index (χ4n) is 1.66. The Bertz CT molecular complexity index is 554. The van der Waals surface area contributed by atoms with E-state index in [9.17, 15) is 19.7 Å². The number of ether oxygens (including phenoxy) is 1. The normalized spacial score (nSPS) is 10.3. The third-order valence-corrected chi connectivity index (χ3v) is 2.82. The average molecular weight is 294 g/mol. The van der Waals surface area contributed by atoms with Gasteiger partial charge in [0.15, 0.2) is 0 Å². The van der Waals surface area contributed by atoms with Crippen molar-refractivity contribution in [2.24, 2.45) is 5.92 Å². The maximum Gasteiger partial charge on any atom is 0.338 e. The fraction of sp³-hybridized carbons (Fsp3) is 0.429. The summed E-state index contributed by atoms with van der Waals surface area (Å²) < 4.78 is 4.53. The van der Waals surface area contributed by atoms with E-state index < -0.39 is 16.8 Å². The second-order valence-electron chi connectivity index (χ2n) is 4.96. The summed E-state index contributed by atoms with van der Waals surface area (Å²) in [5, 5.41) is 13.5. The highest BCUT2D eigenvalue weighted by atomic mass is 16.6. The maximum absolute atomic E-state index is 12.0. The van der Waals surface area contributed by atoms with Crippen LogP contribution in [0.25, 0.3) is 0 Å². The van der Waals surface area contributed by atoms with Crippen molar-refractivity contribution < 1.29 is 19.2 Å². The molecule has 1 N–H and O–H groups in total. The summed E-state index contributed by atoms with van der Waals surface area (Å²) in [5.41, 5.74) is -0.291. The number of benzene rings is 1. The molecular formula is C14H18N2O5. The molecule has 1 amide bonds. The number of non-ortho nitro benzene ring substituents is 1. The summed E-state index contributed by atoms with van der Waals surface area (Å²) in [6.45, 7) is 4.51. The molecule has 7 heteroatoms. The molecule has 114 valence electrons. The molecule has 0 atom stereocenters. The van der Waals surface area contributed by atoms with Gasteiger partial charge in [-0.2, -0.15) is 0 Å². The van der Waals surface area contributed by atoms with Crippen molar-refractivity contribution in [2.45, 2.75) is 20.3 Å². The summed E-state index contributed by atoms with van der Waals surface area (Å²) in [6, 6.07) is 3.50. The number of amides is 1. The average Bonchev–Trinajstić information content (AvgIpc) is 2.45. The van der Waals surface area contributed by atoms with Gasteiger partial charge in [-0.25, -0.2) is 4.79 Å². The molecule has 0 aromatic heterocycles. The molecule has 0 aliphatic carbocycles. The third-order valence-electron chi connectivity index (χ3n) is 2.82. The van der Waals surface area contributed by atoms with Crippen molar-refractivity contribution in [3.05, 3.63) is 39.4 Å². The van der Waals surface area contributed by atoms with Crippen LogP contribution in [-0.2, 0) is 4.74 Å². The predicted molar refractivity (Wildman–Crippen MR) is 76.2 cm³/mol. The molecule has 1 rings (SSSR count). The van der Waals surface area contributed by atoms with Crippen LogP contribution in [0.3, 0.4) is 0 Å². The van der Waals surface area contributed by atoms with Gasteiger partial charge >= 0.3 is 5.97 Å². The first-order valence-electron chi connectivity index (χ1n) is 6.51. The third kappa shape index (κ3) is 4.87. The standard InChI is InChI=1S/C14H18N2O5/c1-9(2)4-5-15-13(17)10-6-11(14(18)21-3)8-12(7-10)16(19)20/h6-9H,4-5H2,1-3H3,(H,15,17). The van der Waals surface area contributed by atoms with Crippen LogP contribution in [0.4, 0.5) is 5.69 Å². The lowest BCUT2D eigenvalue weighted by Crippen LogP contribution is -2.25. The van der Waals surface area contributed by atoms with E-state index in [4.69, 9.17) is 0 Å². The van der Waals surface area contributed by atoms with E-state index in [0.717, 1.165) is 18.6 Å². The lowest BCUT2D eigenvalue weighted by atomic mass is 10.1. The minimum atomic E-state index is -0.727. The first kappa shape index (κ1) is 16.6. The highest BCUT2D eigenvalue weighted by molar-refractivity contribution is 5.98. The van der Waals surface area contributed by atoms with E-state index in [-0.39, 0.29) is 16.8 Å². The van der Waals surface area contributed by atoms with E-state index in [1.807, 2.05) is 13.8 Å². The molecule has 0 spiro atoms. The second kappa shape index (κ2) is 7.37. The number of hydrogen-bond donors (Lipinski definition) is 1. The van der Waals surface area contributed by atoms with Crippen LogP contribution in [0.5, 0.6) is 0 Å². The molecule has 21 heavy (non-hydrogen) atoms. The van der Waals surface area contributed by atoms with Crippen LogP contribution < -0.4 is 5.32 Å². The largest absolute Gasteiger partial charge is 0.465 e. The van der Waals surface area contributed by atoms with Gasteiger partial charge in [-0.3, -0.25) is 14.9 Å². The molecule has 0 aliphatic rings. The number of carbonyl (C=O) groups is 2. The fourth-order valence-corrected chi connectivity index (χ4v) is 1.66. The lowest BCUT2D eigenvalue weighted by Gasteiger charge is -2.08. The van der Waals surface area contributed by atoms with Crippen LogP contribution in [0, 0.1) is 16.0 Å². The van der Waals surface area contributed by atoms with E-state index in [2.05, 4.69) is 10.1 Å². The Labute approximate surface area is 122 Å². The summed E-state index contributed by atoms with van der Waals surface area (Å²) >= 11 is 0. The molecule has 0 saturated carbocycles. The molecule has 0 fully saturated rings. The highest BCUT2D eigenvalue weighted by Crippen LogP contribution is 2.18. The lowest BCUT2D eigenvalue weighted by molar-refractivity contribution is -0.384. The molecule has 0 unspecified atom stereocenters. The Hall–Kier alpha value is -2.44. The zero-order chi connectivity index (χ0) is 16.0. The Morgan fingerprint density at radius 3 is 2.43 bits per heavy atom. The molecule has 0 radical (unpaired) electrons. The summed E-state index contributed by atoms with van der Waals surface area (Å²) in [7, 11) is 1.17. The van der Waals surface area contributed by atoms with Gasteiger partial charge in [-0.05, 0) is 18.4 Å². The molecule has 1 aromatic carbocycles. The van der Waals surface area contributed by atoms with Crippen LogP contribution in [0.1, 0.15) is 41.0 Å². The minimum absolute atomic E-state index is 0.0271. The number of rotatable bonds is 6. The summed E-state index contributed by atoms with van der Waals surface area (Å²) in [5.74, 6) is -0.750. The monoisotopic (exact) mass is 294 g/mol. The Balaban J connectivity index is 2.99. The van der Waals surface area contributed by atoms with Crippen molar-refractivity contribution in [1.29, 1.82) is 0 Å². The molecule has 0 heterocycles. The number of nitrogens with one attached hydrogen (secondary N) is 1. The molecule has 0 saturated heterocycles. The number of nitrogens with zero attached hydrogens (tertiary/aromatic N) is 1. The molecule has 7 nitrogen and oxygen atoms in total. The van der Waals surface area contributed by atoms with Gasteiger partial charge in [0.2, 0.25) is 0 Å². The van der Waals surface area contributed by atoms with Gasteiger partial charge in [0, 0.05) is 24.2 Å². The zero-order valence-electron chi connectivity index (χ0n) is 12.2. The first-order chi connectivity index (χ1) is 9.85. The van der Waals surface area contributed by atoms with Gasteiger partial charge in [-0.15, -0.1) is 0 Å². The number of carbonyl (C=O) groups excluding carboxylic acids is 2. The molecule has 1 aromatic rings. The van der Waals surface area contributed by atoms with Crippen molar-refractivity contribution in [3.8, 4) is 0 Å². The van der Waals surface area contributed by atoms with Crippen LogP contribution >= 0.6 is 0 Å². The van der Waals surface area contributed by atoms with Crippen LogP contribution in [-0.4, -0.2) is 30.5 Å². The van der Waals surface area contributed by atoms with Crippen molar-refractivity contribution in [2.75, 3.05) is 13.7 Å². The first-order valence-corrected chi connectivity index (χ1v) is 6.51. The van der Waals surface area contributed by atoms with Gasteiger partial charge in [0.05, 0.1) is 17.6 Å². The SMILES string of the molecule is COC(=O)c1cc(C(=O)NCCC(C)C)cc([N+](=O)[O-])c1. The summed E-state index contributed by atoms with van der Waals surface area (Å²) in [6.07, 6.45) is 0.796.